The summed E-state index contributed by atoms with van der Waals surface area (Å²) < 4.78 is 6.97. The lowest BCUT2D eigenvalue weighted by atomic mass is 10.1. The van der Waals surface area contributed by atoms with Crippen LogP contribution in [0.15, 0.2) is 29.1 Å². The number of benzene rings is 1. The van der Waals surface area contributed by atoms with E-state index in [4.69, 9.17) is 4.74 Å². The summed E-state index contributed by atoms with van der Waals surface area (Å²) in [5.41, 5.74) is 0.00239. The molecule has 2 rings (SSSR count). The average molecular weight is 409 g/mol. The molecule has 0 bridgehead atoms. The molecule has 0 aliphatic carbocycles. The minimum absolute atomic E-state index is 0.0310. The molecule has 22 heavy (non-hydrogen) atoms. The molecule has 0 N–H and O–H groups in total. The van der Waals surface area contributed by atoms with Gasteiger partial charge in [-0.1, -0.05) is 0 Å². The number of rotatable bonds is 3. The number of carbonyl (C=O) groups is 1. The van der Waals surface area contributed by atoms with Crippen LogP contribution in [0.4, 0.5) is 0 Å². The monoisotopic (exact) mass is 409 g/mol. The van der Waals surface area contributed by atoms with Crippen molar-refractivity contribution in [2.45, 2.75) is 13.8 Å². The lowest BCUT2D eigenvalue weighted by Crippen LogP contribution is -2.28. The lowest BCUT2D eigenvalue weighted by molar-refractivity contribution is 0.0516. The third kappa shape index (κ3) is 3.01. The van der Waals surface area contributed by atoms with Crippen molar-refractivity contribution >= 4 is 28.6 Å². The minimum Gasteiger partial charge on any atom is -0.461 e. The Morgan fingerprint density at radius 1 is 1.41 bits per heavy atom. The van der Waals surface area contributed by atoms with Crippen LogP contribution in [0.1, 0.15) is 28.5 Å². The number of nitrogens with zero attached hydrogens (tertiary/aromatic N) is 3. The van der Waals surface area contributed by atoms with Crippen molar-refractivity contribution in [3.63, 3.8) is 0 Å². The number of nitriles is 1. The second-order valence-electron chi connectivity index (χ2n) is 4.37. The Morgan fingerprint density at radius 2 is 2.05 bits per heavy atom. The quantitative estimate of drug-likeness (QED) is 0.573. The summed E-state index contributed by atoms with van der Waals surface area (Å²) in [5.74, 6) is -0.657. The third-order valence-corrected chi connectivity index (χ3v) is 3.71. The zero-order chi connectivity index (χ0) is 16.3. The van der Waals surface area contributed by atoms with E-state index in [-0.39, 0.29) is 23.4 Å². The fourth-order valence-electron chi connectivity index (χ4n) is 1.89. The molecule has 0 aliphatic rings. The molecule has 0 saturated carbocycles. The highest BCUT2D eigenvalue weighted by Gasteiger charge is 2.20. The van der Waals surface area contributed by atoms with Crippen LogP contribution in [-0.2, 0) is 4.74 Å². The van der Waals surface area contributed by atoms with Crippen LogP contribution < -0.4 is 5.56 Å². The Hall–Kier alpha value is -2.21. The van der Waals surface area contributed by atoms with Crippen LogP contribution >= 0.6 is 22.6 Å². The van der Waals surface area contributed by atoms with Crippen LogP contribution in [-0.4, -0.2) is 22.4 Å². The van der Waals surface area contributed by atoms with Gasteiger partial charge in [-0.15, -0.1) is 0 Å². The molecule has 1 aromatic carbocycles. The van der Waals surface area contributed by atoms with E-state index in [1.54, 1.807) is 31.2 Å². The highest BCUT2D eigenvalue weighted by molar-refractivity contribution is 14.1. The van der Waals surface area contributed by atoms with Gasteiger partial charge in [0.2, 0.25) is 0 Å². The number of aromatic nitrogens is 2. The maximum atomic E-state index is 12.4. The molecule has 1 heterocycles. The number of hydrogen-bond acceptors (Lipinski definition) is 5. The van der Waals surface area contributed by atoms with Gasteiger partial charge in [-0.3, -0.25) is 4.79 Å². The lowest BCUT2D eigenvalue weighted by Gasteiger charge is -2.10. The molecule has 2 aromatic rings. The maximum absolute atomic E-state index is 12.4. The fourth-order valence-corrected chi connectivity index (χ4v) is 2.25. The number of hydrogen-bond donors (Lipinski definition) is 0. The predicted octanol–water partition coefficient (Wildman–Crippen LogP) is 2.19. The zero-order valence-electron chi connectivity index (χ0n) is 12.0. The van der Waals surface area contributed by atoms with Gasteiger partial charge in [0.15, 0.2) is 5.69 Å². The predicted molar refractivity (Wildman–Crippen MR) is 88.0 cm³/mol. The van der Waals surface area contributed by atoms with Crippen molar-refractivity contribution in [1.29, 1.82) is 5.26 Å². The van der Waals surface area contributed by atoms with Crippen LogP contribution in [0.3, 0.4) is 0 Å². The van der Waals surface area contributed by atoms with Crippen molar-refractivity contribution in [2.24, 2.45) is 0 Å². The molecule has 0 aliphatic heterocycles. The fraction of sp³-hybridized carbons (Fsp3) is 0.200. The standard InChI is InChI=1S/C15H12IN3O3/c1-3-22-15(21)13-9(2)12(8-17)14(20)19(18-13)11-6-4-10(16)5-7-11/h4-7H,3H2,1-2H3. The van der Waals surface area contributed by atoms with Gasteiger partial charge in [0.05, 0.1) is 12.3 Å². The van der Waals surface area contributed by atoms with E-state index in [2.05, 4.69) is 27.7 Å². The average Bonchev–Trinajstić information content (AvgIpc) is 2.49. The molecule has 6 nitrogen and oxygen atoms in total. The third-order valence-electron chi connectivity index (χ3n) is 2.99. The molecule has 0 amide bonds. The number of ether oxygens (including phenoxy) is 1. The first-order valence-electron chi connectivity index (χ1n) is 6.46. The zero-order valence-corrected chi connectivity index (χ0v) is 14.1. The van der Waals surface area contributed by atoms with Crippen LogP contribution in [0.5, 0.6) is 0 Å². The second kappa shape index (κ2) is 6.70. The van der Waals surface area contributed by atoms with Crippen molar-refractivity contribution in [3.8, 4) is 11.8 Å². The summed E-state index contributed by atoms with van der Waals surface area (Å²) in [4.78, 5) is 24.3. The van der Waals surface area contributed by atoms with E-state index >= 15 is 0 Å². The molecule has 0 radical (unpaired) electrons. The highest BCUT2D eigenvalue weighted by Crippen LogP contribution is 2.13. The Labute approximate surface area is 140 Å². The summed E-state index contributed by atoms with van der Waals surface area (Å²) in [5, 5.41) is 13.3. The normalized spacial score (nSPS) is 10.1. The first kappa shape index (κ1) is 16.2. The molecule has 7 heteroatoms. The Balaban J connectivity index is 2.72. The highest BCUT2D eigenvalue weighted by atomic mass is 127. The number of halogens is 1. The topological polar surface area (TPSA) is 85.0 Å². The molecule has 0 unspecified atom stereocenters. The van der Waals surface area contributed by atoms with Crippen LogP contribution in [0.25, 0.3) is 5.69 Å². The van der Waals surface area contributed by atoms with Gasteiger partial charge in [-0.2, -0.15) is 15.0 Å². The van der Waals surface area contributed by atoms with Gasteiger partial charge in [0.25, 0.3) is 5.56 Å². The minimum atomic E-state index is -0.657. The number of esters is 1. The SMILES string of the molecule is CCOC(=O)c1nn(-c2ccc(I)cc2)c(=O)c(C#N)c1C. The van der Waals surface area contributed by atoms with Gasteiger partial charge < -0.3 is 4.74 Å². The summed E-state index contributed by atoms with van der Waals surface area (Å²) in [6.45, 7) is 3.37. The van der Waals surface area contributed by atoms with Crippen molar-refractivity contribution in [1.82, 2.24) is 9.78 Å². The second-order valence-corrected chi connectivity index (χ2v) is 5.62. The Kier molecular flexibility index (Phi) is 4.92. The van der Waals surface area contributed by atoms with Crippen molar-refractivity contribution < 1.29 is 9.53 Å². The molecular weight excluding hydrogens is 397 g/mol. The molecule has 1 aromatic heterocycles. The molecule has 0 saturated heterocycles. The maximum Gasteiger partial charge on any atom is 0.359 e. The first-order chi connectivity index (χ1) is 10.5. The smallest absolute Gasteiger partial charge is 0.359 e. The van der Waals surface area contributed by atoms with Crippen molar-refractivity contribution in [2.75, 3.05) is 6.61 Å². The number of carbonyl (C=O) groups excluding carboxylic acids is 1. The van der Waals surface area contributed by atoms with E-state index in [0.29, 0.717) is 5.69 Å². The van der Waals surface area contributed by atoms with E-state index in [1.807, 2.05) is 6.07 Å². The largest absolute Gasteiger partial charge is 0.461 e. The molecule has 0 fully saturated rings. The summed E-state index contributed by atoms with van der Waals surface area (Å²) in [7, 11) is 0. The van der Waals surface area contributed by atoms with Gasteiger partial charge in [-0.25, -0.2) is 4.79 Å². The van der Waals surface area contributed by atoms with Gasteiger partial charge in [0.1, 0.15) is 11.6 Å². The molecular formula is C15H12IN3O3. The van der Waals surface area contributed by atoms with E-state index in [0.717, 1.165) is 8.25 Å². The summed E-state index contributed by atoms with van der Waals surface area (Å²) in [6.07, 6.45) is 0. The Morgan fingerprint density at radius 3 is 2.59 bits per heavy atom. The van der Waals surface area contributed by atoms with Gasteiger partial charge in [-0.05, 0) is 60.7 Å². The molecule has 0 spiro atoms. The van der Waals surface area contributed by atoms with E-state index in [9.17, 15) is 14.9 Å². The van der Waals surface area contributed by atoms with Crippen molar-refractivity contribution in [3.05, 3.63) is 55.0 Å². The first-order valence-corrected chi connectivity index (χ1v) is 7.54. The Bertz CT molecular complexity index is 820. The van der Waals surface area contributed by atoms with Gasteiger partial charge >= 0.3 is 5.97 Å². The van der Waals surface area contributed by atoms with E-state index in [1.165, 1.54) is 6.92 Å². The van der Waals surface area contributed by atoms with Crippen LogP contribution in [0.2, 0.25) is 0 Å². The summed E-state index contributed by atoms with van der Waals surface area (Å²) >= 11 is 2.14. The van der Waals surface area contributed by atoms with E-state index < -0.39 is 11.5 Å². The molecule has 112 valence electrons. The summed E-state index contributed by atoms with van der Waals surface area (Å²) in [6, 6.07) is 8.84. The van der Waals surface area contributed by atoms with Gasteiger partial charge in [0, 0.05) is 9.13 Å². The molecule has 0 atom stereocenters. The van der Waals surface area contributed by atoms with Crippen LogP contribution in [0, 0.1) is 21.8 Å².